The molecule has 0 aliphatic carbocycles. The molecule has 3 nitrogen and oxygen atoms in total. The summed E-state index contributed by atoms with van der Waals surface area (Å²) in [5, 5.41) is 10.4. The van der Waals surface area contributed by atoms with E-state index in [0.717, 1.165) is 32.5 Å². The Kier molecular flexibility index (Phi) is 4.54. The van der Waals surface area contributed by atoms with Crippen LogP contribution in [0.3, 0.4) is 0 Å². The number of hydrogen-bond donors (Lipinski definition) is 1. The zero-order valence-corrected chi connectivity index (χ0v) is 11.5. The van der Waals surface area contributed by atoms with Gasteiger partial charge in [0.2, 0.25) is 0 Å². The van der Waals surface area contributed by atoms with Gasteiger partial charge < -0.3 is 5.11 Å². The molecule has 2 heterocycles. The Balaban J connectivity index is 1.85. The van der Waals surface area contributed by atoms with E-state index in [-0.39, 0.29) is 0 Å². The van der Waals surface area contributed by atoms with Crippen molar-refractivity contribution in [1.82, 2.24) is 9.88 Å². The number of hydrogen-bond acceptors (Lipinski definition) is 4. The fraction of sp³-hybridized carbons (Fsp3) is 0.769. The number of rotatable bonds is 5. The van der Waals surface area contributed by atoms with Gasteiger partial charge in [0.25, 0.3) is 0 Å². The molecule has 1 unspecified atom stereocenters. The lowest BCUT2D eigenvalue weighted by atomic mass is 10.1. The molecule has 17 heavy (non-hydrogen) atoms. The van der Waals surface area contributed by atoms with Gasteiger partial charge in [0.1, 0.15) is 0 Å². The molecule has 2 rings (SSSR count). The first-order chi connectivity index (χ1) is 8.17. The molecule has 1 N–H and O–H groups in total. The lowest BCUT2D eigenvalue weighted by molar-refractivity contribution is 0.220. The summed E-state index contributed by atoms with van der Waals surface area (Å²) >= 11 is 1.84. The van der Waals surface area contributed by atoms with E-state index in [1.54, 1.807) is 0 Å². The average Bonchev–Trinajstić information content (AvgIpc) is 2.88. The van der Waals surface area contributed by atoms with Crippen LogP contribution in [0.25, 0.3) is 0 Å². The number of aliphatic hydroxyl groups is 1. The van der Waals surface area contributed by atoms with Gasteiger partial charge >= 0.3 is 0 Å². The predicted octanol–water partition coefficient (Wildman–Crippen LogP) is 2.16. The highest BCUT2D eigenvalue weighted by Crippen LogP contribution is 2.22. The smallest absolute Gasteiger partial charge is 0.0930 e. The molecule has 0 bridgehead atoms. The van der Waals surface area contributed by atoms with Crippen molar-refractivity contribution in [3.8, 4) is 0 Å². The molecular weight excluding hydrogens is 232 g/mol. The molecule has 1 aliphatic heterocycles. The van der Waals surface area contributed by atoms with Crippen molar-refractivity contribution in [2.24, 2.45) is 11.8 Å². The molecule has 96 valence electrons. The maximum absolute atomic E-state index is 9.12. The largest absolute Gasteiger partial charge is 0.396 e. The Labute approximate surface area is 107 Å². The highest BCUT2D eigenvalue weighted by molar-refractivity contribution is 7.11. The molecule has 1 aliphatic rings. The molecule has 0 saturated carbocycles. The van der Waals surface area contributed by atoms with Crippen LogP contribution in [0.2, 0.25) is 0 Å². The lowest BCUT2D eigenvalue weighted by Crippen LogP contribution is -2.20. The van der Waals surface area contributed by atoms with Gasteiger partial charge in [-0.15, -0.1) is 11.3 Å². The number of nitrogens with zero attached hydrogens (tertiary/aromatic N) is 2. The molecule has 1 aromatic rings. The van der Waals surface area contributed by atoms with Crippen LogP contribution in [0.5, 0.6) is 0 Å². The van der Waals surface area contributed by atoms with Crippen LogP contribution in [-0.2, 0) is 13.0 Å². The zero-order chi connectivity index (χ0) is 12.3. The predicted molar refractivity (Wildman–Crippen MR) is 71.1 cm³/mol. The quantitative estimate of drug-likeness (QED) is 0.875. The normalized spacial score (nSPS) is 21.5. The van der Waals surface area contributed by atoms with Crippen molar-refractivity contribution in [3.05, 3.63) is 16.1 Å². The van der Waals surface area contributed by atoms with Crippen LogP contribution < -0.4 is 0 Å². The fourth-order valence-electron chi connectivity index (χ4n) is 2.29. The van der Waals surface area contributed by atoms with Gasteiger partial charge in [0, 0.05) is 37.2 Å². The first kappa shape index (κ1) is 13.0. The molecule has 1 aromatic heterocycles. The van der Waals surface area contributed by atoms with Crippen LogP contribution >= 0.6 is 11.3 Å². The van der Waals surface area contributed by atoms with E-state index in [1.807, 2.05) is 17.5 Å². The Hall–Kier alpha value is -0.450. The summed E-state index contributed by atoms with van der Waals surface area (Å²) in [7, 11) is 0. The van der Waals surface area contributed by atoms with Gasteiger partial charge in [-0.1, -0.05) is 13.8 Å². The summed E-state index contributed by atoms with van der Waals surface area (Å²) in [6.07, 6.45) is 4.24. The van der Waals surface area contributed by atoms with Gasteiger partial charge in [-0.2, -0.15) is 0 Å². The van der Waals surface area contributed by atoms with Crippen LogP contribution in [0, 0.1) is 11.8 Å². The van der Waals surface area contributed by atoms with E-state index in [1.165, 1.54) is 9.88 Å². The minimum atomic E-state index is 0.331. The van der Waals surface area contributed by atoms with Gasteiger partial charge in [-0.3, -0.25) is 4.90 Å². The highest BCUT2D eigenvalue weighted by Gasteiger charge is 2.22. The summed E-state index contributed by atoms with van der Waals surface area (Å²) in [5.74, 6) is 1.16. The van der Waals surface area contributed by atoms with E-state index in [4.69, 9.17) is 5.11 Å². The molecule has 4 heteroatoms. The molecule has 1 saturated heterocycles. The van der Waals surface area contributed by atoms with Crippen LogP contribution in [0.4, 0.5) is 0 Å². The Morgan fingerprint density at radius 2 is 2.41 bits per heavy atom. The monoisotopic (exact) mass is 254 g/mol. The maximum Gasteiger partial charge on any atom is 0.0930 e. The molecule has 0 spiro atoms. The first-order valence-electron chi connectivity index (χ1n) is 6.44. The fourth-order valence-corrected chi connectivity index (χ4v) is 3.47. The van der Waals surface area contributed by atoms with Gasteiger partial charge in [0.15, 0.2) is 0 Å². The zero-order valence-electron chi connectivity index (χ0n) is 10.7. The average molecular weight is 254 g/mol. The van der Waals surface area contributed by atoms with Crippen LogP contribution in [-0.4, -0.2) is 34.7 Å². The molecule has 1 fully saturated rings. The van der Waals surface area contributed by atoms with E-state index < -0.39 is 0 Å². The van der Waals surface area contributed by atoms with E-state index in [9.17, 15) is 0 Å². The van der Waals surface area contributed by atoms with Crippen molar-refractivity contribution in [2.75, 3.05) is 19.7 Å². The van der Waals surface area contributed by atoms with E-state index >= 15 is 0 Å². The van der Waals surface area contributed by atoms with Gasteiger partial charge in [0.05, 0.1) is 5.01 Å². The standard InChI is InChI=1S/C13H22N2OS/c1-10(2)5-13-14-6-12(17-13)8-15-4-3-11(7-15)9-16/h6,10-11,16H,3-5,7-9H2,1-2H3. The number of thiazole rings is 1. The van der Waals surface area contributed by atoms with Crippen LogP contribution in [0.15, 0.2) is 6.20 Å². The highest BCUT2D eigenvalue weighted by atomic mass is 32.1. The number of aliphatic hydroxyl groups excluding tert-OH is 1. The van der Waals surface area contributed by atoms with E-state index in [0.29, 0.717) is 18.4 Å². The van der Waals surface area contributed by atoms with Crippen molar-refractivity contribution < 1.29 is 5.11 Å². The Morgan fingerprint density at radius 3 is 3.06 bits per heavy atom. The van der Waals surface area contributed by atoms with Crippen molar-refractivity contribution in [2.45, 2.75) is 33.2 Å². The third-order valence-corrected chi connectivity index (χ3v) is 4.20. The summed E-state index contributed by atoms with van der Waals surface area (Å²) < 4.78 is 0. The topological polar surface area (TPSA) is 36.4 Å². The minimum absolute atomic E-state index is 0.331. The van der Waals surface area contributed by atoms with Crippen molar-refractivity contribution >= 4 is 11.3 Å². The SMILES string of the molecule is CC(C)Cc1ncc(CN2CCC(CO)C2)s1. The second-order valence-corrected chi connectivity index (χ2v) is 6.59. The molecule has 1 atom stereocenters. The number of aromatic nitrogens is 1. The number of likely N-dealkylation sites (tertiary alicyclic amines) is 1. The third-order valence-electron chi connectivity index (χ3n) is 3.19. The summed E-state index contributed by atoms with van der Waals surface area (Å²) in [4.78, 5) is 8.26. The minimum Gasteiger partial charge on any atom is -0.396 e. The summed E-state index contributed by atoms with van der Waals surface area (Å²) in [6, 6.07) is 0. The molecular formula is C13H22N2OS. The van der Waals surface area contributed by atoms with Crippen molar-refractivity contribution in [1.29, 1.82) is 0 Å². The van der Waals surface area contributed by atoms with Gasteiger partial charge in [-0.25, -0.2) is 4.98 Å². The van der Waals surface area contributed by atoms with Crippen molar-refractivity contribution in [3.63, 3.8) is 0 Å². The summed E-state index contributed by atoms with van der Waals surface area (Å²) in [6.45, 7) is 7.95. The molecule has 0 radical (unpaired) electrons. The second-order valence-electron chi connectivity index (χ2n) is 5.39. The molecule has 0 amide bonds. The Bertz CT molecular complexity index is 351. The van der Waals surface area contributed by atoms with Crippen LogP contribution in [0.1, 0.15) is 30.2 Å². The van der Waals surface area contributed by atoms with E-state index in [2.05, 4.69) is 23.7 Å². The lowest BCUT2D eigenvalue weighted by Gasteiger charge is -2.13. The Morgan fingerprint density at radius 1 is 1.59 bits per heavy atom. The maximum atomic E-state index is 9.12. The second kappa shape index (κ2) is 5.94. The van der Waals surface area contributed by atoms with Gasteiger partial charge in [-0.05, 0) is 24.8 Å². The third kappa shape index (κ3) is 3.76. The molecule has 0 aromatic carbocycles. The summed E-state index contributed by atoms with van der Waals surface area (Å²) in [5.41, 5.74) is 0. The first-order valence-corrected chi connectivity index (χ1v) is 7.25.